The molecule has 116 valence electrons. The summed E-state index contributed by atoms with van der Waals surface area (Å²) >= 11 is 0. The Balaban J connectivity index is 3.24. The average Bonchev–Trinajstić information content (AvgIpc) is 2.43. The number of hydrogen-bond donors (Lipinski definition) is 2. The second-order valence-electron chi connectivity index (χ2n) is 4.33. The van der Waals surface area contributed by atoms with Crippen LogP contribution in [0, 0.1) is 0 Å². The Morgan fingerprint density at radius 3 is 2.38 bits per heavy atom. The summed E-state index contributed by atoms with van der Waals surface area (Å²) in [4.78, 5) is 21.9. The Labute approximate surface area is 118 Å². The molecule has 0 spiro atoms. The van der Waals surface area contributed by atoms with Crippen LogP contribution in [-0.2, 0) is 20.7 Å². The molecule has 0 heterocycles. The van der Waals surface area contributed by atoms with E-state index in [4.69, 9.17) is 0 Å². The summed E-state index contributed by atoms with van der Waals surface area (Å²) in [6, 6.07) is 5.05. The Morgan fingerprint density at radius 2 is 1.95 bits per heavy atom. The molecule has 1 amide bonds. The van der Waals surface area contributed by atoms with Crippen molar-refractivity contribution >= 4 is 12.4 Å². The second kappa shape index (κ2) is 6.57. The van der Waals surface area contributed by atoms with E-state index < -0.39 is 30.2 Å². The summed E-state index contributed by atoms with van der Waals surface area (Å²) in [5.41, 5.74) is -3.33. The molecule has 0 unspecified atom stereocenters. The van der Waals surface area contributed by atoms with Gasteiger partial charge in [0, 0.05) is 6.42 Å². The zero-order valence-corrected chi connectivity index (χ0v) is 11.1. The molecule has 0 bridgehead atoms. The van der Waals surface area contributed by atoms with Crippen molar-refractivity contribution in [1.29, 1.82) is 0 Å². The maximum Gasteiger partial charge on any atom is 0.420 e. The van der Waals surface area contributed by atoms with Crippen molar-refractivity contribution in [3.63, 3.8) is 0 Å². The first-order valence-electron chi connectivity index (χ1n) is 5.87. The van der Waals surface area contributed by atoms with Crippen LogP contribution in [-0.4, -0.2) is 42.4 Å². The Morgan fingerprint density at radius 1 is 1.38 bits per heavy atom. The fourth-order valence-electron chi connectivity index (χ4n) is 1.86. The topological polar surface area (TPSA) is 75.6 Å². The summed E-state index contributed by atoms with van der Waals surface area (Å²) in [7, 11) is 0.862. The molecular formula is C13H14F3NO4. The SMILES string of the molecule is COC(=O)[C@H](NC=O)[C@](O)(Cc1ccccc1)C(F)(F)F. The lowest BCUT2D eigenvalue weighted by Crippen LogP contribution is -2.64. The van der Waals surface area contributed by atoms with Crippen LogP contribution in [0.4, 0.5) is 13.2 Å². The number of methoxy groups -OCH3 is 1. The molecule has 2 N–H and O–H groups in total. The van der Waals surface area contributed by atoms with Gasteiger partial charge in [0.05, 0.1) is 7.11 Å². The van der Waals surface area contributed by atoms with Gasteiger partial charge in [0.25, 0.3) is 0 Å². The standard InChI is InChI=1S/C13H14F3NO4/c1-21-11(19)10(17-8-18)12(20,13(14,15)16)7-9-5-3-2-4-6-9/h2-6,8,10,20H,7H2,1H3,(H,17,18)/t10-,12+/m0/s1. The van der Waals surface area contributed by atoms with E-state index in [1.807, 2.05) is 0 Å². The lowest BCUT2D eigenvalue weighted by atomic mass is 9.86. The molecule has 0 aliphatic rings. The third-order valence-corrected chi connectivity index (χ3v) is 2.96. The van der Waals surface area contributed by atoms with E-state index in [9.17, 15) is 27.9 Å². The molecular weight excluding hydrogens is 291 g/mol. The zero-order valence-electron chi connectivity index (χ0n) is 11.1. The van der Waals surface area contributed by atoms with Gasteiger partial charge < -0.3 is 15.2 Å². The maximum atomic E-state index is 13.2. The fraction of sp³-hybridized carbons (Fsp3) is 0.385. The van der Waals surface area contributed by atoms with Gasteiger partial charge in [-0.2, -0.15) is 13.2 Å². The monoisotopic (exact) mass is 305 g/mol. The van der Waals surface area contributed by atoms with E-state index in [-0.39, 0.29) is 12.0 Å². The summed E-state index contributed by atoms with van der Waals surface area (Å²) < 4.78 is 44.0. The minimum absolute atomic E-state index is 0.0940. The lowest BCUT2D eigenvalue weighted by molar-refractivity contribution is -0.269. The smallest absolute Gasteiger partial charge is 0.420 e. The average molecular weight is 305 g/mol. The van der Waals surface area contributed by atoms with Crippen LogP contribution in [0.3, 0.4) is 0 Å². The predicted octanol–water partition coefficient (Wildman–Crippen LogP) is 0.810. The molecule has 1 aromatic rings. The third kappa shape index (κ3) is 3.72. The van der Waals surface area contributed by atoms with Crippen molar-refractivity contribution in [2.75, 3.05) is 7.11 Å². The molecule has 5 nitrogen and oxygen atoms in total. The summed E-state index contributed by atoms with van der Waals surface area (Å²) in [6.07, 6.45) is -6.15. The third-order valence-electron chi connectivity index (χ3n) is 2.96. The van der Waals surface area contributed by atoms with Crippen LogP contribution in [0.25, 0.3) is 0 Å². The van der Waals surface area contributed by atoms with Crippen LogP contribution < -0.4 is 5.32 Å². The van der Waals surface area contributed by atoms with Crippen LogP contribution in [0.2, 0.25) is 0 Å². The van der Waals surface area contributed by atoms with Gasteiger partial charge in [-0.05, 0) is 5.56 Å². The highest BCUT2D eigenvalue weighted by Crippen LogP contribution is 2.36. The maximum absolute atomic E-state index is 13.2. The molecule has 0 saturated heterocycles. The summed E-state index contributed by atoms with van der Waals surface area (Å²) in [6.45, 7) is 0. The minimum atomic E-state index is -5.16. The van der Waals surface area contributed by atoms with E-state index in [1.54, 1.807) is 11.4 Å². The van der Waals surface area contributed by atoms with Crippen molar-refractivity contribution in [3.8, 4) is 0 Å². The molecule has 0 saturated carbocycles. The molecule has 8 heteroatoms. The van der Waals surface area contributed by atoms with Crippen molar-refractivity contribution in [2.45, 2.75) is 24.2 Å². The Kier molecular flexibility index (Phi) is 5.31. The van der Waals surface area contributed by atoms with E-state index in [2.05, 4.69) is 4.74 Å². The molecule has 2 atom stereocenters. The highest BCUT2D eigenvalue weighted by atomic mass is 19.4. The first-order valence-corrected chi connectivity index (χ1v) is 5.87. The number of carbonyl (C=O) groups excluding carboxylic acids is 2. The highest BCUT2D eigenvalue weighted by Gasteiger charge is 2.61. The number of carbonyl (C=O) groups is 2. The number of amides is 1. The number of alkyl halides is 3. The first-order chi connectivity index (χ1) is 9.76. The van der Waals surface area contributed by atoms with Crippen molar-refractivity contribution in [2.24, 2.45) is 0 Å². The van der Waals surface area contributed by atoms with Crippen molar-refractivity contribution < 1.29 is 32.6 Å². The summed E-state index contributed by atoms with van der Waals surface area (Å²) in [5.74, 6) is -1.39. The first kappa shape index (κ1) is 17.0. The van der Waals surface area contributed by atoms with E-state index in [0.717, 1.165) is 7.11 Å². The lowest BCUT2D eigenvalue weighted by Gasteiger charge is -2.35. The fourth-order valence-corrected chi connectivity index (χ4v) is 1.86. The quantitative estimate of drug-likeness (QED) is 0.602. The molecule has 0 fully saturated rings. The largest absolute Gasteiger partial charge is 0.467 e. The Bertz CT molecular complexity index is 492. The molecule has 0 aliphatic carbocycles. The number of ether oxygens (including phenoxy) is 1. The molecule has 1 aromatic carbocycles. The predicted molar refractivity (Wildman–Crippen MR) is 66.2 cm³/mol. The molecule has 0 aliphatic heterocycles. The number of benzene rings is 1. The zero-order chi connectivity index (χ0) is 16.1. The number of halogens is 3. The number of nitrogens with one attached hydrogen (secondary N) is 1. The molecule has 0 aromatic heterocycles. The van der Waals surface area contributed by atoms with Crippen molar-refractivity contribution in [1.82, 2.24) is 5.32 Å². The van der Waals surface area contributed by atoms with Gasteiger partial charge in [0.1, 0.15) is 0 Å². The normalized spacial score (nSPS) is 15.7. The summed E-state index contributed by atoms with van der Waals surface area (Å²) in [5, 5.41) is 11.7. The van der Waals surface area contributed by atoms with Crippen LogP contribution >= 0.6 is 0 Å². The van der Waals surface area contributed by atoms with Crippen LogP contribution in [0.15, 0.2) is 30.3 Å². The van der Waals surface area contributed by atoms with Crippen molar-refractivity contribution in [3.05, 3.63) is 35.9 Å². The van der Waals surface area contributed by atoms with Gasteiger partial charge in [0.2, 0.25) is 6.41 Å². The molecule has 21 heavy (non-hydrogen) atoms. The molecule has 1 rings (SSSR count). The van der Waals surface area contributed by atoms with Gasteiger partial charge in [0.15, 0.2) is 11.6 Å². The van der Waals surface area contributed by atoms with Crippen LogP contribution in [0.1, 0.15) is 5.56 Å². The van der Waals surface area contributed by atoms with Gasteiger partial charge in [-0.25, -0.2) is 4.79 Å². The van der Waals surface area contributed by atoms with E-state index in [1.165, 1.54) is 24.3 Å². The number of hydrogen-bond acceptors (Lipinski definition) is 4. The number of rotatable bonds is 6. The van der Waals surface area contributed by atoms with Gasteiger partial charge in [-0.15, -0.1) is 0 Å². The van der Waals surface area contributed by atoms with Gasteiger partial charge >= 0.3 is 12.1 Å². The van der Waals surface area contributed by atoms with Gasteiger partial charge in [-0.3, -0.25) is 4.79 Å². The van der Waals surface area contributed by atoms with Gasteiger partial charge in [-0.1, -0.05) is 30.3 Å². The van der Waals surface area contributed by atoms with Crippen LogP contribution in [0.5, 0.6) is 0 Å². The second-order valence-corrected chi connectivity index (χ2v) is 4.33. The molecule has 0 radical (unpaired) electrons. The van der Waals surface area contributed by atoms with E-state index >= 15 is 0 Å². The number of aliphatic hydroxyl groups is 1. The number of esters is 1. The van der Waals surface area contributed by atoms with E-state index in [0.29, 0.717) is 0 Å². The Hall–Kier alpha value is -2.09. The minimum Gasteiger partial charge on any atom is -0.467 e. The highest BCUT2D eigenvalue weighted by molar-refractivity contribution is 5.80.